The molecule has 0 aliphatic rings. The van der Waals surface area contributed by atoms with Crippen molar-refractivity contribution in [3.8, 4) is 0 Å². The van der Waals surface area contributed by atoms with Crippen molar-refractivity contribution in [1.29, 1.82) is 0 Å². The molecular formula is C29H37ClN6O6S. The lowest BCUT2D eigenvalue weighted by atomic mass is 10.00. The topological polar surface area (TPSA) is 174 Å². The maximum Gasteiger partial charge on any atom is 0.328 e. The van der Waals surface area contributed by atoms with E-state index in [1.54, 1.807) is 29.7 Å². The third-order valence-corrected chi connectivity index (χ3v) is 8.21. The summed E-state index contributed by atoms with van der Waals surface area (Å²) in [5, 5.41) is 12.3. The molecule has 0 fully saturated rings. The largest absolute Gasteiger partial charge is 0.338 e. The lowest BCUT2D eigenvalue weighted by Crippen LogP contribution is -2.44. The number of hydrogen-bond donors (Lipinski definition) is 5. The first-order chi connectivity index (χ1) is 20.6. The van der Waals surface area contributed by atoms with Crippen molar-refractivity contribution in [1.82, 2.24) is 30.4 Å². The van der Waals surface area contributed by atoms with E-state index in [1.165, 1.54) is 35.4 Å². The molecule has 3 aromatic rings. The number of urea groups is 1. The van der Waals surface area contributed by atoms with Crippen LogP contribution in [0.5, 0.6) is 0 Å². The Bertz CT molecular complexity index is 1480. The number of H-pyrrole nitrogens is 1. The van der Waals surface area contributed by atoms with Crippen molar-refractivity contribution in [2.45, 2.75) is 69.9 Å². The second kappa shape index (κ2) is 16.1. The Morgan fingerprint density at radius 3 is 2.33 bits per heavy atom. The normalized spacial score (nSPS) is 11.9. The Hall–Kier alpha value is -3.94. The predicted octanol–water partition coefficient (Wildman–Crippen LogP) is 3.95. The van der Waals surface area contributed by atoms with Crippen LogP contribution in [-0.2, 0) is 34.2 Å². The highest BCUT2D eigenvalue weighted by molar-refractivity contribution is 7.90. The molecule has 0 unspecified atom stereocenters. The molecule has 14 heteroatoms. The first-order valence-electron chi connectivity index (χ1n) is 14.0. The zero-order valence-electron chi connectivity index (χ0n) is 24.1. The van der Waals surface area contributed by atoms with Crippen LogP contribution in [0, 0.1) is 0 Å². The van der Waals surface area contributed by atoms with E-state index in [0.717, 1.165) is 18.4 Å². The molecule has 1 aromatic heterocycles. The van der Waals surface area contributed by atoms with E-state index in [2.05, 4.69) is 22.2 Å². The number of benzene rings is 2. The van der Waals surface area contributed by atoms with E-state index in [-0.39, 0.29) is 30.0 Å². The van der Waals surface area contributed by atoms with Crippen molar-refractivity contribution in [2.24, 2.45) is 0 Å². The summed E-state index contributed by atoms with van der Waals surface area (Å²) in [6, 6.07) is 11.2. The van der Waals surface area contributed by atoms with E-state index in [1.807, 2.05) is 11.6 Å². The van der Waals surface area contributed by atoms with Crippen molar-refractivity contribution in [3.05, 3.63) is 82.4 Å². The lowest BCUT2D eigenvalue weighted by molar-refractivity contribution is -0.130. The minimum Gasteiger partial charge on any atom is -0.338 e. The maximum atomic E-state index is 13.9. The highest BCUT2D eigenvalue weighted by Gasteiger charge is 2.29. The number of hydroxylamine groups is 1. The zero-order chi connectivity index (χ0) is 31.4. The van der Waals surface area contributed by atoms with E-state index in [0.29, 0.717) is 35.8 Å². The van der Waals surface area contributed by atoms with Crippen molar-refractivity contribution < 1.29 is 28.0 Å². The second-order valence-electron chi connectivity index (χ2n) is 10.0. The van der Waals surface area contributed by atoms with Gasteiger partial charge < -0.3 is 15.2 Å². The zero-order valence-corrected chi connectivity index (χ0v) is 25.7. The predicted molar refractivity (Wildman–Crippen MR) is 161 cm³/mol. The summed E-state index contributed by atoms with van der Waals surface area (Å²) in [4.78, 5) is 47.0. The van der Waals surface area contributed by atoms with Gasteiger partial charge >= 0.3 is 6.03 Å². The van der Waals surface area contributed by atoms with Gasteiger partial charge in [0.05, 0.1) is 11.1 Å². The van der Waals surface area contributed by atoms with Gasteiger partial charge in [-0.2, -0.15) is 0 Å². The molecule has 3 rings (SSSR count). The Balaban J connectivity index is 1.93. The molecule has 1 heterocycles. The summed E-state index contributed by atoms with van der Waals surface area (Å²) in [7, 11) is -4.13. The van der Waals surface area contributed by atoms with E-state index in [9.17, 15) is 28.0 Å². The highest BCUT2D eigenvalue weighted by Crippen LogP contribution is 2.21. The number of amides is 4. The van der Waals surface area contributed by atoms with Gasteiger partial charge in [-0.05, 0) is 54.7 Å². The first-order valence-corrected chi connectivity index (χ1v) is 15.8. The number of aryl methyl sites for hydroxylation is 1. The van der Waals surface area contributed by atoms with E-state index >= 15 is 0 Å². The number of hydrogen-bond acceptors (Lipinski definition) is 7. The first kappa shape index (κ1) is 33.6. The fourth-order valence-corrected chi connectivity index (χ4v) is 5.39. The van der Waals surface area contributed by atoms with Gasteiger partial charge in [-0.25, -0.2) is 28.4 Å². The Kier molecular flexibility index (Phi) is 12.5. The summed E-state index contributed by atoms with van der Waals surface area (Å²) in [5.74, 6) is -0.442. The minimum absolute atomic E-state index is 0.00382. The van der Waals surface area contributed by atoms with Gasteiger partial charge in [-0.1, -0.05) is 56.1 Å². The SMILES string of the molecule is CCCCc1ncc(C(=O)N(Cc2ccc(S(=O)(=O)NC(=O)NCCC)cc2)[C@H](CC(=O)NO)Cc2ccc(Cl)cc2)[nH]1. The summed E-state index contributed by atoms with van der Waals surface area (Å²) < 4.78 is 27.3. The van der Waals surface area contributed by atoms with Crippen molar-refractivity contribution >= 4 is 39.5 Å². The molecule has 5 N–H and O–H groups in total. The van der Waals surface area contributed by atoms with Gasteiger partial charge in [-0.15, -0.1) is 0 Å². The van der Waals surface area contributed by atoms with Crippen LogP contribution in [-0.4, -0.2) is 58.9 Å². The number of imidazole rings is 1. The molecule has 0 aliphatic heterocycles. The third kappa shape index (κ3) is 10.1. The number of halogens is 1. The third-order valence-electron chi connectivity index (χ3n) is 6.61. The molecule has 0 aliphatic carbocycles. The van der Waals surface area contributed by atoms with Crippen molar-refractivity contribution in [3.63, 3.8) is 0 Å². The molecular weight excluding hydrogens is 596 g/mol. The number of sulfonamides is 1. The van der Waals surface area contributed by atoms with E-state index < -0.39 is 33.9 Å². The average Bonchev–Trinajstić information content (AvgIpc) is 3.47. The van der Waals surface area contributed by atoms with Crippen LogP contribution >= 0.6 is 11.6 Å². The number of nitrogens with one attached hydrogen (secondary N) is 4. The molecule has 232 valence electrons. The molecule has 2 aromatic carbocycles. The smallest absolute Gasteiger partial charge is 0.328 e. The van der Waals surface area contributed by atoms with Gasteiger partial charge in [0.2, 0.25) is 5.91 Å². The van der Waals surface area contributed by atoms with Gasteiger partial charge in [0, 0.05) is 37.0 Å². The molecule has 0 saturated carbocycles. The van der Waals surface area contributed by atoms with Crippen molar-refractivity contribution in [2.75, 3.05) is 6.54 Å². The standard InChI is InChI=1S/C29H37ClN6O6S/c1-3-5-6-26-32-18-25(33-26)28(38)36(23(17-27(37)34-40)16-20-7-11-22(30)12-8-20)19-21-9-13-24(14-10-21)43(41,42)35-29(39)31-15-4-2/h7-14,18,23,40H,3-6,15-17,19H2,1-2H3,(H,32,33)(H,34,37)(H2,31,35,39)/t23-/m0/s1. The minimum atomic E-state index is -4.13. The fourth-order valence-electron chi connectivity index (χ4n) is 4.33. The van der Waals surface area contributed by atoms with Crippen LogP contribution in [0.25, 0.3) is 0 Å². The number of unbranched alkanes of at least 4 members (excludes halogenated alkanes) is 1. The number of carbonyl (C=O) groups excluding carboxylic acids is 3. The monoisotopic (exact) mass is 632 g/mol. The molecule has 0 spiro atoms. The maximum absolute atomic E-state index is 13.9. The van der Waals surface area contributed by atoms with Crippen LogP contribution in [0.1, 0.15) is 67.0 Å². The van der Waals surface area contributed by atoms with Gasteiger partial charge in [0.1, 0.15) is 11.5 Å². The van der Waals surface area contributed by atoms with Gasteiger partial charge in [-0.3, -0.25) is 14.8 Å². The molecule has 0 bridgehead atoms. The molecule has 1 atom stereocenters. The van der Waals surface area contributed by atoms with Gasteiger partial charge in [0.25, 0.3) is 15.9 Å². The summed E-state index contributed by atoms with van der Waals surface area (Å²) in [6.07, 6.45) is 4.67. The Morgan fingerprint density at radius 1 is 1.02 bits per heavy atom. The quantitative estimate of drug-likeness (QED) is 0.125. The van der Waals surface area contributed by atoms with Crippen LogP contribution in [0.2, 0.25) is 5.02 Å². The summed E-state index contributed by atoms with van der Waals surface area (Å²) in [5.41, 5.74) is 3.25. The molecule has 0 saturated heterocycles. The van der Waals surface area contributed by atoms with Gasteiger partial charge in [0.15, 0.2) is 0 Å². The number of nitrogens with zero attached hydrogens (tertiary/aromatic N) is 2. The number of rotatable bonds is 15. The average molecular weight is 633 g/mol. The van der Waals surface area contributed by atoms with Crippen LogP contribution in [0.15, 0.2) is 59.6 Å². The van der Waals surface area contributed by atoms with Crippen LogP contribution < -0.4 is 15.5 Å². The second-order valence-corrected chi connectivity index (χ2v) is 12.1. The summed E-state index contributed by atoms with van der Waals surface area (Å²) >= 11 is 6.05. The molecule has 12 nitrogen and oxygen atoms in total. The fraction of sp³-hybridized carbons (Fsp3) is 0.379. The lowest BCUT2D eigenvalue weighted by Gasteiger charge is -2.31. The Morgan fingerprint density at radius 2 is 1.70 bits per heavy atom. The molecule has 43 heavy (non-hydrogen) atoms. The van der Waals surface area contributed by atoms with Crippen LogP contribution in [0.4, 0.5) is 4.79 Å². The molecule has 4 amide bonds. The highest BCUT2D eigenvalue weighted by atomic mass is 35.5. The summed E-state index contributed by atoms with van der Waals surface area (Å²) in [6.45, 7) is 4.23. The number of aromatic amines is 1. The number of carbonyl (C=O) groups is 3. The van der Waals surface area contributed by atoms with E-state index in [4.69, 9.17) is 11.6 Å². The Labute approximate surface area is 256 Å². The molecule has 0 radical (unpaired) electrons. The van der Waals surface area contributed by atoms with Crippen LogP contribution in [0.3, 0.4) is 0 Å². The number of aromatic nitrogens is 2.